The SMILES string of the molecule is CCC/C=C\CCCCCCCCOCC(COC1OC(CO)C(O)C(OS(=O)(=O)O)C1O)OC(=O)CCCCCCCCCCCCCCC/C=C\C/C=C\CCCCCCC. The van der Waals surface area contributed by atoms with E-state index < -0.39 is 59.8 Å². The van der Waals surface area contributed by atoms with Crippen molar-refractivity contribution < 1.29 is 56.2 Å². The summed E-state index contributed by atoms with van der Waals surface area (Å²) in [5, 5.41) is 30.7. The maximum Gasteiger partial charge on any atom is 0.397 e. The summed E-state index contributed by atoms with van der Waals surface area (Å²) in [5.74, 6) is -0.402. The Morgan fingerprint density at radius 2 is 1.08 bits per heavy atom. The highest BCUT2D eigenvalue weighted by Crippen LogP contribution is 2.26. The van der Waals surface area contributed by atoms with Crippen LogP contribution in [0.3, 0.4) is 0 Å². The first-order valence-corrected chi connectivity index (χ1v) is 26.6. The van der Waals surface area contributed by atoms with Crippen molar-refractivity contribution in [3.05, 3.63) is 36.5 Å². The van der Waals surface area contributed by atoms with Gasteiger partial charge < -0.3 is 34.3 Å². The molecule has 0 amide bonds. The number of allylic oxidation sites excluding steroid dienone is 6. The molecule has 1 aliphatic heterocycles. The van der Waals surface area contributed by atoms with Gasteiger partial charge in [-0.25, -0.2) is 4.18 Å². The summed E-state index contributed by atoms with van der Waals surface area (Å²) in [6, 6.07) is 0. The van der Waals surface area contributed by atoms with Gasteiger partial charge in [-0.15, -0.1) is 0 Å². The highest BCUT2D eigenvalue weighted by molar-refractivity contribution is 7.80. The molecule has 1 heterocycles. The third kappa shape index (κ3) is 35.2. The molecule has 1 rings (SSSR count). The first-order chi connectivity index (χ1) is 30.6. The molecule has 1 saturated heterocycles. The monoisotopic (exact) mass is 917 g/mol. The van der Waals surface area contributed by atoms with E-state index >= 15 is 0 Å². The molecule has 0 radical (unpaired) electrons. The predicted octanol–water partition coefficient (Wildman–Crippen LogP) is 11.4. The first-order valence-electron chi connectivity index (χ1n) is 25.2. The standard InChI is InChI=1S/C50H92O12S/c1-3-5-7-9-11-13-15-16-17-18-19-20-21-22-23-24-25-26-27-28-29-31-33-35-37-39-46(52)60-44(42-58-40-38-36-34-32-30-14-12-10-8-6-4-2)43-59-50-48(54)49(62-63(55,56)57)47(53)45(41-51)61-50/h8,10,15-16,18-19,44-45,47-51,53-54H,3-7,9,11-14,17,20-43H2,1-2H3,(H,55,56,57)/b10-8-,16-15-,19-18-. The van der Waals surface area contributed by atoms with Crippen LogP contribution in [0.1, 0.15) is 213 Å². The van der Waals surface area contributed by atoms with E-state index in [4.69, 9.17) is 23.5 Å². The van der Waals surface area contributed by atoms with Crippen molar-refractivity contribution in [1.82, 2.24) is 0 Å². The Kier molecular flexibility index (Phi) is 39.3. The maximum absolute atomic E-state index is 12.9. The normalized spacial score (nSPS) is 20.1. The van der Waals surface area contributed by atoms with Crippen molar-refractivity contribution in [1.29, 1.82) is 0 Å². The summed E-state index contributed by atoms with van der Waals surface area (Å²) >= 11 is 0. The van der Waals surface area contributed by atoms with Crippen LogP contribution >= 0.6 is 0 Å². The Labute approximate surface area is 383 Å². The number of carbonyl (C=O) groups is 1. The second-order valence-corrected chi connectivity index (χ2v) is 18.4. The van der Waals surface area contributed by atoms with Crippen molar-refractivity contribution in [3.63, 3.8) is 0 Å². The second-order valence-electron chi connectivity index (χ2n) is 17.4. The Morgan fingerprint density at radius 3 is 1.59 bits per heavy atom. The number of carbonyl (C=O) groups excluding carboxylic acids is 1. The number of hydrogen-bond acceptors (Lipinski definition) is 11. The fourth-order valence-electron chi connectivity index (χ4n) is 7.65. The highest BCUT2D eigenvalue weighted by Gasteiger charge is 2.48. The van der Waals surface area contributed by atoms with E-state index in [1.54, 1.807) is 0 Å². The smallest absolute Gasteiger partial charge is 0.397 e. The van der Waals surface area contributed by atoms with Crippen molar-refractivity contribution in [2.75, 3.05) is 26.4 Å². The molecule has 1 aliphatic rings. The fraction of sp³-hybridized carbons (Fsp3) is 0.860. The molecule has 0 saturated carbocycles. The third-order valence-corrected chi connectivity index (χ3v) is 11.9. The number of aliphatic hydroxyl groups is 3. The zero-order valence-corrected chi connectivity index (χ0v) is 40.5. The van der Waals surface area contributed by atoms with Crippen LogP contribution in [0.4, 0.5) is 0 Å². The lowest BCUT2D eigenvalue weighted by atomic mass is 9.99. The molecule has 0 aromatic rings. The summed E-state index contributed by atoms with van der Waals surface area (Å²) in [7, 11) is -5.06. The van der Waals surface area contributed by atoms with Crippen molar-refractivity contribution in [2.24, 2.45) is 0 Å². The van der Waals surface area contributed by atoms with E-state index in [9.17, 15) is 28.5 Å². The van der Waals surface area contributed by atoms with Crippen molar-refractivity contribution in [2.45, 2.75) is 250 Å². The van der Waals surface area contributed by atoms with Crippen LogP contribution in [0.25, 0.3) is 0 Å². The van der Waals surface area contributed by atoms with E-state index in [2.05, 4.69) is 54.5 Å². The maximum atomic E-state index is 12.9. The molecule has 63 heavy (non-hydrogen) atoms. The molecule has 0 aromatic heterocycles. The number of aliphatic hydroxyl groups excluding tert-OH is 3. The lowest BCUT2D eigenvalue weighted by Gasteiger charge is -2.41. The Morgan fingerprint density at radius 1 is 0.603 bits per heavy atom. The molecule has 12 nitrogen and oxygen atoms in total. The van der Waals surface area contributed by atoms with Crippen LogP contribution in [-0.4, -0.2) is 97.5 Å². The molecule has 0 aromatic carbocycles. The molecule has 4 N–H and O–H groups in total. The van der Waals surface area contributed by atoms with Crippen LogP contribution < -0.4 is 0 Å². The number of hydrogen-bond donors (Lipinski definition) is 4. The Hall–Kier alpha value is -1.68. The average Bonchev–Trinajstić information content (AvgIpc) is 3.26. The van der Waals surface area contributed by atoms with Gasteiger partial charge in [0.2, 0.25) is 0 Å². The molecule has 370 valence electrons. The number of esters is 1. The van der Waals surface area contributed by atoms with E-state index in [-0.39, 0.29) is 19.6 Å². The van der Waals surface area contributed by atoms with Gasteiger partial charge in [-0.3, -0.25) is 9.35 Å². The van der Waals surface area contributed by atoms with E-state index in [0.717, 1.165) is 57.8 Å². The molecule has 13 heteroatoms. The Balaban J connectivity index is 2.29. The zero-order chi connectivity index (χ0) is 46.1. The Bertz CT molecular complexity index is 1240. The molecular formula is C50H92O12S. The minimum absolute atomic E-state index is 0.0326. The number of ether oxygens (including phenoxy) is 4. The lowest BCUT2D eigenvalue weighted by molar-refractivity contribution is -0.301. The third-order valence-electron chi connectivity index (χ3n) is 11.5. The van der Waals surface area contributed by atoms with Gasteiger partial charge in [0.1, 0.15) is 30.5 Å². The number of rotatable bonds is 44. The van der Waals surface area contributed by atoms with E-state index in [0.29, 0.717) is 13.0 Å². The topological polar surface area (TPSA) is 178 Å². The van der Waals surface area contributed by atoms with Gasteiger partial charge in [-0.1, -0.05) is 179 Å². The van der Waals surface area contributed by atoms with Gasteiger partial charge in [-0.2, -0.15) is 8.42 Å². The van der Waals surface area contributed by atoms with Gasteiger partial charge in [0.15, 0.2) is 6.29 Å². The highest BCUT2D eigenvalue weighted by atomic mass is 32.3. The minimum atomic E-state index is -5.06. The van der Waals surface area contributed by atoms with Crippen LogP contribution in [0.5, 0.6) is 0 Å². The molecular weight excluding hydrogens is 825 g/mol. The van der Waals surface area contributed by atoms with Crippen molar-refractivity contribution in [3.8, 4) is 0 Å². The average molecular weight is 917 g/mol. The quantitative estimate of drug-likeness (QED) is 0.0197. The van der Waals surface area contributed by atoms with Gasteiger partial charge in [0.25, 0.3) is 0 Å². The van der Waals surface area contributed by atoms with Gasteiger partial charge in [0.05, 0.1) is 19.8 Å². The zero-order valence-electron chi connectivity index (χ0n) is 39.6. The minimum Gasteiger partial charge on any atom is -0.457 e. The van der Waals surface area contributed by atoms with Gasteiger partial charge in [-0.05, 0) is 64.2 Å². The molecule has 0 spiro atoms. The number of unbranched alkanes of at least 4 members (excludes halogenated alkanes) is 25. The first kappa shape index (κ1) is 59.3. The summed E-state index contributed by atoms with van der Waals surface area (Å²) in [4.78, 5) is 12.9. The lowest BCUT2D eigenvalue weighted by Crippen LogP contribution is -2.60. The van der Waals surface area contributed by atoms with Crippen LogP contribution in [0, 0.1) is 0 Å². The molecule has 0 bridgehead atoms. The predicted molar refractivity (Wildman–Crippen MR) is 253 cm³/mol. The van der Waals surface area contributed by atoms with Gasteiger partial charge >= 0.3 is 16.4 Å². The van der Waals surface area contributed by atoms with E-state index in [1.165, 1.54) is 128 Å². The molecule has 0 aliphatic carbocycles. The van der Waals surface area contributed by atoms with Gasteiger partial charge in [0, 0.05) is 13.0 Å². The molecule has 6 unspecified atom stereocenters. The second kappa shape index (κ2) is 41.7. The van der Waals surface area contributed by atoms with Crippen LogP contribution in [-0.2, 0) is 38.3 Å². The summed E-state index contributed by atoms with van der Waals surface area (Å²) < 4.78 is 59.1. The van der Waals surface area contributed by atoms with Crippen LogP contribution in [0.15, 0.2) is 36.5 Å². The largest absolute Gasteiger partial charge is 0.457 e. The van der Waals surface area contributed by atoms with E-state index in [1.807, 2.05) is 0 Å². The van der Waals surface area contributed by atoms with Crippen LogP contribution in [0.2, 0.25) is 0 Å². The summed E-state index contributed by atoms with van der Waals surface area (Å²) in [5.41, 5.74) is 0. The fourth-order valence-corrected chi connectivity index (χ4v) is 8.16. The summed E-state index contributed by atoms with van der Waals surface area (Å²) in [6.07, 6.45) is 40.5. The molecule has 6 atom stereocenters. The van der Waals surface area contributed by atoms with Crippen molar-refractivity contribution >= 4 is 16.4 Å². The molecule has 1 fully saturated rings. The summed E-state index contributed by atoms with van der Waals surface area (Å²) in [6.45, 7) is 3.92.